The molecule has 0 aliphatic carbocycles. The van der Waals surface area contributed by atoms with Crippen LogP contribution in [0.4, 0.5) is 4.79 Å². The van der Waals surface area contributed by atoms with Crippen molar-refractivity contribution >= 4 is 19.3 Å². The van der Waals surface area contributed by atoms with E-state index in [9.17, 15) is 4.79 Å². The van der Waals surface area contributed by atoms with Gasteiger partial charge in [0.2, 0.25) is 0 Å². The third kappa shape index (κ3) is 5.78. The maximum Gasteiger partial charge on any atom is 0.492 e. The second kappa shape index (κ2) is 9.29. The first-order valence-corrected chi connectivity index (χ1v) is 10.7. The van der Waals surface area contributed by atoms with Gasteiger partial charge in [0.1, 0.15) is 6.61 Å². The topological polar surface area (TPSA) is 56.8 Å². The Morgan fingerprint density at radius 3 is 2.26 bits per heavy atom. The van der Waals surface area contributed by atoms with Gasteiger partial charge >= 0.3 is 13.2 Å². The van der Waals surface area contributed by atoms with Gasteiger partial charge in [-0.05, 0) is 69.3 Å². The largest absolute Gasteiger partial charge is 0.492 e. The summed E-state index contributed by atoms with van der Waals surface area (Å²) in [4.78, 5) is 12.3. The van der Waals surface area contributed by atoms with Gasteiger partial charge in [0.15, 0.2) is 0 Å². The number of amides is 1. The molecule has 164 valence electrons. The van der Waals surface area contributed by atoms with Crippen molar-refractivity contribution in [3.8, 4) is 0 Å². The number of nitrogens with one attached hydrogen (secondary N) is 1. The summed E-state index contributed by atoms with van der Waals surface area (Å²) in [6.45, 7) is 12.7. The number of aryl methyl sites for hydroxylation is 2. The van der Waals surface area contributed by atoms with Crippen molar-refractivity contribution in [2.45, 2.75) is 59.4 Å². The predicted molar refractivity (Wildman–Crippen MR) is 125 cm³/mol. The second-order valence-electron chi connectivity index (χ2n) is 9.07. The molecule has 0 aromatic heterocycles. The normalized spacial score (nSPS) is 17.5. The zero-order valence-electron chi connectivity index (χ0n) is 19.3. The van der Waals surface area contributed by atoms with Crippen LogP contribution in [0.1, 0.15) is 49.9 Å². The number of hydrogen-bond donors (Lipinski definition) is 1. The van der Waals surface area contributed by atoms with Crippen molar-refractivity contribution < 1.29 is 18.8 Å². The molecule has 0 radical (unpaired) electrons. The number of benzene rings is 2. The van der Waals surface area contributed by atoms with Gasteiger partial charge in [-0.2, -0.15) is 0 Å². The second-order valence-corrected chi connectivity index (χ2v) is 9.07. The highest BCUT2D eigenvalue weighted by Gasteiger charge is 2.52. The molecule has 6 heteroatoms. The van der Waals surface area contributed by atoms with E-state index >= 15 is 0 Å². The van der Waals surface area contributed by atoms with Crippen molar-refractivity contribution in [1.82, 2.24) is 5.32 Å². The summed E-state index contributed by atoms with van der Waals surface area (Å²) < 4.78 is 17.8. The lowest BCUT2D eigenvalue weighted by atomic mass is 9.77. The maximum absolute atomic E-state index is 12.3. The lowest BCUT2D eigenvalue weighted by Crippen LogP contribution is -2.41. The molecule has 2 aromatic carbocycles. The minimum Gasteiger partial charge on any atom is -0.445 e. The summed E-state index contributed by atoms with van der Waals surface area (Å²) in [5.74, 6) is 0. The number of hydrogen-bond acceptors (Lipinski definition) is 4. The smallest absolute Gasteiger partial charge is 0.445 e. The molecule has 0 atom stereocenters. The Balaban J connectivity index is 1.73. The van der Waals surface area contributed by atoms with Crippen molar-refractivity contribution in [1.29, 1.82) is 0 Å². The molecule has 1 N–H and O–H groups in total. The predicted octanol–water partition coefficient (Wildman–Crippen LogP) is 5.24. The fourth-order valence-corrected chi connectivity index (χ4v) is 3.21. The fraction of sp³-hybridized carbons (Fsp3) is 0.400. The molecule has 1 aliphatic heterocycles. The Bertz CT molecular complexity index is 937. The van der Waals surface area contributed by atoms with Crippen molar-refractivity contribution in [3.05, 3.63) is 76.3 Å². The minimum absolute atomic E-state index is 0.222. The Kier molecular flexibility index (Phi) is 6.92. The molecule has 1 amide bonds. The Morgan fingerprint density at radius 2 is 1.65 bits per heavy atom. The third-order valence-electron chi connectivity index (χ3n) is 6.09. The summed E-state index contributed by atoms with van der Waals surface area (Å²) in [7, 11) is -0.555. The molecule has 2 aromatic rings. The van der Waals surface area contributed by atoms with Gasteiger partial charge in [-0.15, -0.1) is 0 Å². The highest BCUT2D eigenvalue weighted by atomic mass is 16.7. The Morgan fingerprint density at radius 1 is 1.00 bits per heavy atom. The van der Waals surface area contributed by atoms with E-state index in [1.54, 1.807) is 0 Å². The number of alkyl carbamates (subject to hydrolysis) is 1. The van der Waals surface area contributed by atoms with E-state index in [2.05, 4.69) is 37.4 Å². The van der Waals surface area contributed by atoms with Crippen molar-refractivity contribution in [2.75, 3.05) is 6.54 Å². The first kappa shape index (κ1) is 23.1. The van der Waals surface area contributed by atoms with Crippen LogP contribution in [0.2, 0.25) is 0 Å². The zero-order chi connectivity index (χ0) is 22.6. The Hall–Kier alpha value is -2.57. The summed E-state index contributed by atoms with van der Waals surface area (Å²) >= 11 is 0. The van der Waals surface area contributed by atoms with Gasteiger partial charge in [-0.1, -0.05) is 54.6 Å². The van der Waals surface area contributed by atoms with Gasteiger partial charge < -0.3 is 19.4 Å². The van der Waals surface area contributed by atoms with Crippen LogP contribution in [-0.2, 0) is 20.7 Å². The lowest BCUT2D eigenvalue weighted by molar-refractivity contribution is 0.00578. The average Bonchev–Trinajstić information content (AvgIpc) is 2.94. The van der Waals surface area contributed by atoms with Gasteiger partial charge in [-0.25, -0.2) is 4.79 Å². The van der Waals surface area contributed by atoms with E-state index in [0.29, 0.717) is 0 Å². The van der Waals surface area contributed by atoms with Crippen molar-refractivity contribution in [3.63, 3.8) is 0 Å². The van der Waals surface area contributed by atoms with E-state index in [0.717, 1.165) is 16.6 Å². The molecular weight excluding hydrogens is 389 g/mol. The molecule has 0 bridgehead atoms. The van der Waals surface area contributed by atoms with Crippen LogP contribution in [0.15, 0.2) is 54.0 Å². The van der Waals surface area contributed by atoms with Crippen LogP contribution >= 0.6 is 0 Å². The van der Waals surface area contributed by atoms with E-state index in [1.807, 2.05) is 64.1 Å². The summed E-state index contributed by atoms with van der Waals surface area (Å²) in [6, 6.07) is 15.9. The minimum atomic E-state index is -0.555. The van der Waals surface area contributed by atoms with E-state index in [1.165, 1.54) is 11.1 Å². The fourth-order valence-electron chi connectivity index (χ4n) is 3.21. The standard InChI is InChI=1S/C25H32BNO4/c1-18-12-13-21(14-19(18)2)15-22(26-30-24(3,4)25(5,6)31-26)16-27-23(28)29-17-20-10-8-7-9-11-20/h7-15H,16-17H2,1-6H3,(H,27,28). The average molecular weight is 421 g/mol. The Labute approximate surface area is 185 Å². The molecule has 0 spiro atoms. The van der Waals surface area contributed by atoms with Crippen LogP contribution in [0.3, 0.4) is 0 Å². The van der Waals surface area contributed by atoms with E-state index < -0.39 is 24.4 Å². The number of carbonyl (C=O) groups is 1. The van der Waals surface area contributed by atoms with Gasteiger partial charge in [0.05, 0.1) is 11.2 Å². The van der Waals surface area contributed by atoms with Crippen molar-refractivity contribution in [2.24, 2.45) is 0 Å². The summed E-state index contributed by atoms with van der Waals surface area (Å²) in [5, 5.41) is 2.84. The molecule has 1 heterocycles. The van der Waals surface area contributed by atoms with Gasteiger partial charge in [-0.3, -0.25) is 0 Å². The molecule has 0 unspecified atom stereocenters. The molecule has 3 rings (SSSR count). The highest BCUT2D eigenvalue weighted by molar-refractivity contribution is 6.56. The van der Waals surface area contributed by atoms with Gasteiger partial charge in [0, 0.05) is 6.54 Å². The number of carbonyl (C=O) groups excluding carboxylic acids is 1. The first-order chi connectivity index (χ1) is 14.6. The molecule has 1 aliphatic rings. The monoisotopic (exact) mass is 421 g/mol. The highest BCUT2D eigenvalue weighted by Crippen LogP contribution is 2.38. The molecule has 5 nitrogen and oxygen atoms in total. The van der Waals surface area contributed by atoms with E-state index in [-0.39, 0.29) is 13.2 Å². The molecular formula is C25H32BNO4. The van der Waals surface area contributed by atoms with E-state index in [4.69, 9.17) is 14.0 Å². The molecule has 31 heavy (non-hydrogen) atoms. The van der Waals surface area contributed by atoms with Crippen LogP contribution in [0.5, 0.6) is 0 Å². The summed E-state index contributed by atoms with van der Waals surface area (Å²) in [5.41, 5.74) is 4.32. The van der Waals surface area contributed by atoms with Gasteiger partial charge in [0.25, 0.3) is 0 Å². The SMILES string of the molecule is Cc1ccc(C=C(CNC(=O)OCc2ccccc2)B2OC(C)(C)C(C)(C)O2)cc1C. The molecule has 1 saturated heterocycles. The number of ether oxygens (including phenoxy) is 1. The van der Waals surface area contributed by atoms with Crippen LogP contribution in [-0.4, -0.2) is 31.0 Å². The van der Waals surface area contributed by atoms with Crippen LogP contribution in [0.25, 0.3) is 6.08 Å². The summed E-state index contributed by atoms with van der Waals surface area (Å²) in [6.07, 6.45) is 1.54. The molecule has 1 fully saturated rings. The third-order valence-corrected chi connectivity index (χ3v) is 6.09. The zero-order valence-corrected chi connectivity index (χ0v) is 19.3. The molecule has 0 saturated carbocycles. The first-order valence-electron chi connectivity index (χ1n) is 10.7. The number of rotatable bonds is 6. The van der Waals surface area contributed by atoms with Crippen LogP contribution < -0.4 is 5.32 Å². The quantitative estimate of drug-likeness (QED) is 0.648. The van der Waals surface area contributed by atoms with Crippen LogP contribution in [0, 0.1) is 13.8 Å². The maximum atomic E-state index is 12.3. The lowest BCUT2D eigenvalue weighted by Gasteiger charge is -2.32.